The van der Waals surface area contributed by atoms with Crippen molar-refractivity contribution >= 4 is 77.2 Å². The van der Waals surface area contributed by atoms with Gasteiger partial charge in [-0.2, -0.15) is 0 Å². The second-order valence-corrected chi connectivity index (χ2v) is 16.4. The summed E-state index contributed by atoms with van der Waals surface area (Å²) in [7, 11) is 0. The minimum atomic E-state index is 0.258. The average Bonchev–Trinajstić information content (AvgIpc) is 4.02. The number of allylic oxidation sites excluding steroid dienone is 4. The molecule has 4 heteroatoms. The summed E-state index contributed by atoms with van der Waals surface area (Å²) >= 11 is 0. The molecular weight excluding hydrogens is 757 g/mol. The quantitative estimate of drug-likeness (QED) is 0.168. The fourth-order valence-corrected chi connectivity index (χ4v) is 10.1. The predicted octanol–water partition coefficient (Wildman–Crippen LogP) is 15.8. The number of rotatable bonds is 6. The Morgan fingerprint density at radius 2 is 1.16 bits per heavy atom. The number of furan rings is 1. The third kappa shape index (κ3) is 5.33. The van der Waals surface area contributed by atoms with Crippen molar-refractivity contribution in [2.24, 2.45) is 0 Å². The molecule has 1 unspecified atom stereocenters. The first kappa shape index (κ1) is 34.8. The summed E-state index contributed by atoms with van der Waals surface area (Å²) in [6, 6.07) is 71.9. The van der Waals surface area contributed by atoms with E-state index in [1.807, 2.05) is 12.1 Å². The smallest absolute Gasteiger partial charge is 0.159 e. The van der Waals surface area contributed by atoms with Gasteiger partial charge in [0, 0.05) is 55.4 Å². The van der Waals surface area contributed by atoms with E-state index in [1.54, 1.807) is 0 Å². The molecule has 0 saturated carbocycles. The van der Waals surface area contributed by atoms with Gasteiger partial charge in [0.05, 0.1) is 22.4 Å². The Labute approximate surface area is 358 Å². The maximum atomic E-state index is 6.54. The van der Waals surface area contributed by atoms with Gasteiger partial charge >= 0.3 is 0 Å². The minimum absolute atomic E-state index is 0.258. The van der Waals surface area contributed by atoms with Crippen molar-refractivity contribution in [1.82, 2.24) is 4.57 Å². The van der Waals surface area contributed by atoms with E-state index in [9.17, 15) is 0 Å². The number of benzene rings is 9. The topological polar surface area (TPSA) is 30.5 Å². The van der Waals surface area contributed by atoms with E-state index >= 15 is 0 Å². The summed E-state index contributed by atoms with van der Waals surface area (Å²) in [6.07, 6.45) is 5.46. The fraction of sp³-hybridized carbons (Fsp3) is 0.0345. The van der Waals surface area contributed by atoms with Crippen molar-refractivity contribution in [1.29, 1.82) is 0 Å². The van der Waals surface area contributed by atoms with E-state index in [-0.39, 0.29) is 5.92 Å². The van der Waals surface area contributed by atoms with Crippen LogP contribution in [0.2, 0.25) is 0 Å². The molecule has 11 aromatic rings. The highest BCUT2D eigenvalue weighted by molar-refractivity contribution is 6.13. The zero-order chi connectivity index (χ0) is 40.7. The Bertz CT molecular complexity index is 3640. The van der Waals surface area contributed by atoms with Crippen LogP contribution in [-0.2, 0) is 0 Å². The first-order valence-corrected chi connectivity index (χ1v) is 21.4. The molecule has 0 amide bonds. The Morgan fingerprint density at radius 1 is 0.500 bits per heavy atom. The molecule has 0 saturated heterocycles. The van der Waals surface area contributed by atoms with Gasteiger partial charge in [-0.25, -0.2) is 0 Å². The molecule has 0 fully saturated rings. The fourth-order valence-electron chi connectivity index (χ4n) is 10.1. The summed E-state index contributed by atoms with van der Waals surface area (Å²) in [5.41, 5.74) is 14.3. The summed E-state index contributed by atoms with van der Waals surface area (Å²) in [6.45, 7) is 0. The molecule has 1 aliphatic heterocycles. The van der Waals surface area contributed by atoms with Crippen LogP contribution in [0.1, 0.15) is 23.5 Å². The number of anilines is 3. The Balaban J connectivity index is 0.898. The summed E-state index contributed by atoms with van der Waals surface area (Å²) < 4.78 is 15.4. The van der Waals surface area contributed by atoms with Gasteiger partial charge in [-0.3, -0.25) is 0 Å². The zero-order valence-corrected chi connectivity index (χ0v) is 33.7. The third-order valence-electron chi connectivity index (χ3n) is 13.0. The molecular formula is C58H38N2O2. The Morgan fingerprint density at radius 3 is 2.03 bits per heavy atom. The number of ether oxygens (including phenoxy) is 1. The van der Waals surface area contributed by atoms with E-state index < -0.39 is 0 Å². The number of hydrogen-bond acceptors (Lipinski definition) is 3. The van der Waals surface area contributed by atoms with Crippen LogP contribution in [0, 0.1) is 0 Å². The van der Waals surface area contributed by atoms with Crippen LogP contribution < -0.4 is 9.64 Å². The van der Waals surface area contributed by atoms with Crippen molar-refractivity contribution < 1.29 is 9.15 Å². The number of para-hydroxylation sites is 4. The molecule has 62 heavy (non-hydrogen) atoms. The highest BCUT2D eigenvalue weighted by Crippen LogP contribution is 2.49. The van der Waals surface area contributed by atoms with E-state index in [4.69, 9.17) is 9.15 Å². The van der Waals surface area contributed by atoms with Gasteiger partial charge in [-0.1, -0.05) is 146 Å². The van der Waals surface area contributed by atoms with Crippen molar-refractivity contribution in [3.63, 3.8) is 0 Å². The van der Waals surface area contributed by atoms with Crippen LogP contribution in [0.5, 0.6) is 5.75 Å². The van der Waals surface area contributed by atoms with Crippen LogP contribution in [0.3, 0.4) is 0 Å². The standard InChI is InChI=1S/C58H38N2O2/c1-2-14-43-38(12-1)13-9-22-51(43)59(42-33-28-39(29-34-42)44-18-10-19-48-46-16-4-7-24-55(46)61-57(44)48)41-31-26-37(27-32-41)40-30-35-53-50(36-40)45-15-3-6-21-52(45)60(53)54-23-11-20-49-47-17-5-8-25-56(47)62-58(49)54/h1-18,20-36,48H,19H2. The van der Waals surface area contributed by atoms with E-state index in [1.165, 1.54) is 32.7 Å². The molecule has 0 radical (unpaired) electrons. The average molecular weight is 795 g/mol. The minimum Gasteiger partial charge on any atom is -0.460 e. The molecule has 3 heterocycles. The van der Waals surface area contributed by atoms with Crippen LogP contribution in [-0.4, -0.2) is 4.57 Å². The first-order chi connectivity index (χ1) is 30.7. The van der Waals surface area contributed by atoms with Crippen molar-refractivity contribution in [2.45, 2.75) is 12.3 Å². The van der Waals surface area contributed by atoms with E-state index in [2.05, 4.69) is 210 Å². The Hall–Kier alpha value is -8.08. The monoisotopic (exact) mass is 794 g/mol. The summed E-state index contributed by atoms with van der Waals surface area (Å²) in [4.78, 5) is 2.38. The normalized spacial score (nSPS) is 14.5. The van der Waals surface area contributed by atoms with Gasteiger partial charge in [-0.15, -0.1) is 0 Å². The van der Waals surface area contributed by atoms with E-state index in [0.717, 1.165) is 90.4 Å². The van der Waals surface area contributed by atoms with Crippen LogP contribution in [0.25, 0.3) is 76.9 Å². The Kier molecular flexibility index (Phi) is 7.70. The number of aromatic nitrogens is 1. The van der Waals surface area contributed by atoms with Crippen molar-refractivity contribution in [3.8, 4) is 22.6 Å². The number of fused-ring (bicyclic) bond motifs is 10. The predicted molar refractivity (Wildman–Crippen MR) is 256 cm³/mol. The lowest BCUT2D eigenvalue weighted by atomic mass is 9.87. The molecule has 0 spiro atoms. The molecule has 1 atom stereocenters. The molecule has 2 aliphatic rings. The highest BCUT2D eigenvalue weighted by Gasteiger charge is 2.33. The lowest BCUT2D eigenvalue weighted by Gasteiger charge is -2.27. The van der Waals surface area contributed by atoms with Crippen molar-refractivity contribution in [3.05, 3.63) is 229 Å². The maximum absolute atomic E-state index is 6.54. The molecule has 0 N–H and O–H groups in total. The molecule has 2 aromatic heterocycles. The number of nitrogens with zero attached hydrogens (tertiary/aromatic N) is 2. The molecule has 0 bridgehead atoms. The largest absolute Gasteiger partial charge is 0.460 e. The SMILES string of the molecule is C1=CC(c2ccc(N(c3ccc(-c4ccc5c(c4)c4ccccc4n5-c4cccc5c4oc4ccccc45)cc3)c3cccc4ccccc34)cc2)=C2Oc3ccccc3C2C1. The molecule has 13 rings (SSSR count). The third-order valence-corrected chi connectivity index (χ3v) is 13.0. The van der Waals surface area contributed by atoms with Gasteiger partial charge in [0.2, 0.25) is 0 Å². The zero-order valence-electron chi connectivity index (χ0n) is 33.7. The lowest BCUT2D eigenvalue weighted by molar-refractivity contribution is 0.429. The molecule has 9 aromatic carbocycles. The molecule has 4 nitrogen and oxygen atoms in total. The highest BCUT2D eigenvalue weighted by atomic mass is 16.5. The molecule has 292 valence electrons. The van der Waals surface area contributed by atoms with Gasteiger partial charge in [-0.05, 0) is 95.2 Å². The van der Waals surface area contributed by atoms with Crippen molar-refractivity contribution in [2.75, 3.05) is 4.90 Å². The maximum Gasteiger partial charge on any atom is 0.159 e. The second-order valence-electron chi connectivity index (χ2n) is 16.4. The van der Waals surface area contributed by atoms with Gasteiger partial charge in [0.15, 0.2) is 5.58 Å². The van der Waals surface area contributed by atoms with Crippen LogP contribution >= 0.6 is 0 Å². The lowest BCUT2D eigenvalue weighted by Crippen LogP contribution is -2.11. The van der Waals surface area contributed by atoms with Crippen LogP contribution in [0.15, 0.2) is 223 Å². The first-order valence-electron chi connectivity index (χ1n) is 21.4. The number of hydrogen-bond donors (Lipinski definition) is 0. The van der Waals surface area contributed by atoms with Crippen LogP contribution in [0.4, 0.5) is 17.1 Å². The summed E-state index contributed by atoms with van der Waals surface area (Å²) in [5, 5.41) is 7.07. The molecule has 1 aliphatic carbocycles. The van der Waals surface area contributed by atoms with Gasteiger partial charge in [0.1, 0.15) is 17.1 Å². The van der Waals surface area contributed by atoms with E-state index in [0.29, 0.717) is 0 Å². The van der Waals surface area contributed by atoms with Gasteiger partial charge in [0.25, 0.3) is 0 Å². The summed E-state index contributed by atoms with van der Waals surface area (Å²) in [5.74, 6) is 2.28. The second kappa shape index (κ2) is 13.7. The van der Waals surface area contributed by atoms with Gasteiger partial charge < -0.3 is 18.6 Å².